The topological polar surface area (TPSA) is 58.6 Å². The van der Waals surface area contributed by atoms with Gasteiger partial charge in [0.1, 0.15) is 0 Å². The minimum atomic E-state index is -0.369. The summed E-state index contributed by atoms with van der Waals surface area (Å²) in [6, 6.07) is 7.47. The van der Waals surface area contributed by atoms with Crippen molar-refractivity contribution in [1.82, 2.24) is 5.48 Å². The Bertz CT molecular complexity index is 493. The van der Waals surface area contributed by atoms with Crippen LogP contribution in [-0.4, -0.2) is 25.0 Å². The molecule has 1 fully saturated rings. The Morgan fingerprint density at radius 1 is 1.53 bits per heavy atom. The van der Waals surface area contributed by atoms with E-state index < -0.39 is 0 Å². The van der Waals surface area contributed by atoms with Gasteiger partial charge in [-0.05, 0) is 35.0 Å². The number of nitrogens with zero attached hydrogens (tertiary/aromatic N) is 1. The molecule has 1 unspecified atom stereocenters. The summed E-state index contributed by atoms with van der Waals surface area (Å²) in [5.74, 6) is -0.667. The Balaban J connectivity index is 2.08. The van der Waals surface area contributed by atoms with E-state index in [0.717, 1.165) is 10.2 Å². The van der Waals surface area contributed by atoms with Crippen LogP contribution in [0.25, 0.3) is 0 Å². The average Bonchev–Trinajstić information content (AvgIpc) is 2.78. The summed E-state index contributed by atoms with van der Waals surface area (Å²) in [5, 5.41) is 0. The van der Waals surface area contributed by atoms with Crippen molar-refractivity contribution >= 4 is 33.4 Å². The van der Waals surface area contributed by atoms with Crippen LogP contribution in [-0.2, 0) is 14.4 Å². The maximum Gasteiger partial charge on any atom is 0.248 e. The fourth-order valence-electron chi connectivity index (χ4n) is 2.01. The molecule has 2 rings (SSSR count). The Morgan fingerprint density at radius 2 is 2.26 bits per heavy atom. The van der Waals surface area contributed by atoms with Crippen molar-refractivity contribution < 1.29 is 14.4 Å². The van der Waals surface area contributed by atoms with Gasteiger partial charge in [-0.2, -0.15) is 0 Å². The quantitative estimate of drug-likeness (QED) is 0.859. The van der Waals surface area contributed by atoms with Gasteiger partial charge < -0.3 is 4.90 Å². The molecular weight excluding hydrogens is 312 g/mol. The van der Waals surface area contributed by atoms with Gasteiger partial charge >= 0.3 is 0 Å². The molecule has 1 heterocycles. The van der Waals surface area contributed by atoms with Crippen LogP contribution in [0.2, 0.25) is 0 Å². The number of nitrogens with one attached hydrogen (secondary N) is 1. The zero-order valence-corrected chi connectivity index (χ0v) is 12.1. The molecule has 1 saturated heterocycles. The van der Waals surface area contributed by atoms with E-state index in [1.807, 2.05) is 24.3 Å². The number of hydrogen-bond acceptors (Lipinski definition) is 3. The van der Waals surface area contributed by atoms with Gasteiger partial charge in [0.25, 0.3) is 0 Å². The zero-order chi connectivity index (χ0) is 13.8. The molecule has 0 saturated carbocycles. The van der Waals surface area contributed by atoms with E-state index in [1.54, 1.807) is 11.8 Å². The minimum absolute atomic E-state index is 0.0523. The second-order valence-corrected chi connectivity index (χ2v) is 5.11. The lowest BCUT2D eigenvalue weighted by atomic mass is 10.1. The number of amides is 2. The van der Waals surface area contributed by atoms with Crippen LogP contribution in [0.4, 0.5) is 5.69 Å². The van der Waals surface area contributed by atoms with Gasteiger partial charge in [-0.15, -0.1) is 0 Å². The van der Waals surface area contributed by atoms with E-state index in [2.05, 4.69) is 21.4 Å². The molecule has 2 amide bonds. The Morgan fingerprint density at radius 3 is 2.95 bits per heavy atom. The molecule has 102 valence electrons. The summed E-state index contributed by atoms with van der Waals surface area (Å²) in [5.41, 5.74) is 3.14. The molecular formula is C13H15BrN2O3. The second-order valence-electron chi connectivity index (χ2n) is 4.26. The first-order valence-electron chi connectivity index (χ1n) is 6.10. The van der Waals surface area contributed by atoms with Crippen molar-refractivity contribution in [1.29, 1.82) is 0 Å². The summed E-state index contributed by atoms with van der Waals surface area (Å²) in [4.78, 5) is 30.3. The van der Waals surface area contributed by atoms with E-state index in [9.17, 15) is 9.59 Å². The van der Waals surface area contributed by atoms with Crippen LogP contribution in [0.3, 0.4) is 0 Å². The minimum Gasteiger partial charge on any atom is -0.310 e. The fraction of sp³-hybridized carbons (Fsp3) is 0.385. The number of hydrogen-bond donors (Lipinski definition) is 1. The van der Waals surface area contributed by atoms with Gasteiger partial charge in [0.15, 0.2) is 0 Å². The van der Waals surface area contributed by atoms with Gasteiger partial charge in [-0.3, -0.25) is 14.4 Å². The first-order chi connectivity index (χ1) is 9.13. The lowest BCUT2D eigenvalue weighted by molar-refractivity contribution is -0.137. The van der Waals surface area contributed by atoms with Crippen LogP contribution in [0.15, 0.2) is 28.7 Å². The number of halogens is 1. The van der Waals surface area contributed by atoms with Gasteiger partial charge in [0, 0.05) is 17.4 Å². The molecule has 0 spiro atoms. The van der Waals surface area contributed by atoms with Crippen LogP contribution < -0.4 is 10.4 Å². The highest BCUT2D eigenvalue weighted by molar-refractivity contribution is 9.10. The third-order valence-electron chi connectivity index (χ3n) is 2.96. The zero-order valence-electron chi connectivity index (χ0n) is 10.6. The molecule has 5 nitrogen and oxygen atoms in total. The number of anilines is 1. The number of carbonyl (C=O) groups is 2. The molecule has 0 aliphatic carbocycles. The highest BCUT2D eigenvalue weighted by atomic mass is 79.9. The van der Waals surface area contributed by atoms with Gasteiger partial charge in [-0.25, -0.2) is 5.48 Å². The summed E-state index contributed by atoms with van der Waals surface area (Å²) in [6.07, 6.45) is 0.209. The standard InChI is InChI=1S/C13H15BrN2O3/c1-2-19-15-13(18)9-7-12(17)16(8-9)11-6-4-3-5-10(11)14/h3-6,9H,2,7-8H2,1H3,(H,15,18). The fourth-order valence-corrected chi connectivity index (χ4v) is 2.51. The highest BCUT2D eigenvalue weighted by Gasteiger charge is 2.35. The van der Waals surface area contributed by atoms with Crippen LogP contribution in [0.5, 0.6) is 0 Å². The number of benzene rings is 1. The van der Waals surface area contributed by atoms with Crippen LogP contribution in [0.1, 0.15) is 13.3 Å². The van der Waals surface area contributed by atoms with Crippen molar-refractivity contribution in [3.63, 3.8) is 0 Å². The first kappa shape index (κ1) is 14.0. The largest absolute Gasteiger partial charge is 0.310 e. The average molecular weight is 327 g/mol. The first-order valence-corrected chi connectivity index (χ1v) is 6.89. The molecule has 1 aromatic rings. The Kier molecular flexibility index (Phi) is 4.55. The Labute approximate surface area is 120 Å². The molecule has 6 heteroatoms. The number of hydroxylamine groups is 1. The van der Waals surface area contributed by atoms with Crippen molar-refractivity contribution in [2.75, 3.05) is 18.1 Å². The molecule has 1 aromatic carbocycles. The van der Waals surface area contributed by atoms with E-state index in [4.69, 9.17) is 4.84 Å². The smallest absolute Gasteiger partial charge is 0.248 e. The maximum atomic E-state index is 12.0. The summed E-state index contributed by atoms with van der Waals surface area (Å²) in [7, 11) is 0. The predicted octanol–water partition coefficient (Wildman–Crippen LogP) is 1.87. The normalized spacial score (nSPS) is 18.7. The molecule has 1 aliphatic rings. The van der Waals surface area contributed by atoms with Crippen molar-refractivity contribution in [3.8, 4) is 0 Å². The Hall–Kier alpha value is -1.40. The number of rotatable bonds is 4. The van der Waals surface area contributed by atoms with Gasteiger partial charge in [-0.1, -0.05) is 12.1 Å². The lowest BCUT2D eigenvalue weighted by Crippen LogP contribution is -2.33. The maximum absolute atomic E-state index is 12.0. The molecule has 1 aliphatic heterocycles. The molecule has 19 heavy (non-hydrogen) atoms. The molecule has 0 aromatic heterocycles. The third kappa shape index (κ3) is 3.13. The van der Waals surface area contributed by atoms with Gasteiger partial charge in [0.2, 0.25) is 11.8 Å². The molecule has 1 atom stereocenters. The van der Waals surface area contributed by atoms with Crippen molar-refractivity contribution in [2.24, 2.45) is 5.92 Å². The van der Waals surface area contributed by atoms with Crippen LogP contribution in [0, 0.1) is 5.92 Å². The molecule has 1 N–H and O–H groups in total. The van der Waals surface area contributed by atoms with Crippen molar-refractivity contribution in [3.05, 3.63) is 28.7 Å². The SMILES string of the molecule is CCONC(=O)C1CC(=O)N(c2ccccc2Br)C1. The summed E-state index contributed by atoms with van der Waals surface area (Å²) < 4.78 is 0.842. The second kappa shape index (κ2) is 6.16. The van der Waals surface area contributed by atoms with E-state index in [-0.39, 0.29) is 24.2 Å². The van der Waals surface area contributed by atoms with Crippen molar-refractivity contribution in [2.45, 2.75) is 13.3 Å². The highest BCUT2D eigenvalue weighted by Crippen LogP contribution is 2.31. The predicted molar refractivity (Wildman–Crippen MR) is 74.4 cm³/mol. The molecule has 0 bridgehead atoms. The van der Waals surface area contributed by atoms with Gasteiger partial charge in [0.05, 0.1) is 18.2 Å². The monoisotopic (exact) mass is 326 g/mol. The number of carbonyl (C=O) groups excluding carboxylic acids is 2. The van der Waals surface area contributed by atoms with Crippen LogP contribution >= 0.6 is 15.9 Å². The number of para-hydroxylation sites is 1. The van der Waals surface area contributed by atoms with E-state index in [0.29, 0.717) is 13.2 Å². The summed E-state index contributed by atoms with van der Waals surface area (Å²) in [6.45, 7) is 2.56. The molecule has 0 radical (unpaired) electrons. The summed E-state index contributed by atoms with van der Waals surface area (Å²) >= 11 is 3.41. The van der Waals surface area contributed by atoms with E-state index >= 15 is 0 Å². The lowest BCUT2D eigenvalue weighted by Gasteiger charge is -2.18. The third-order valence-corrected chi connectivity index (χ3v) is 3.63. The van der Waals surface area contributed by atoms with E-state index in [1.165, 1.54) is 0 Å².